The number of hydrogen-bond acceptors (Lipinski definition) is 9. The minimum atomic E-state index is -3.67. The van der Waals surface area contributed by atoms with Crippen molar-refractivity contribution < 1.29 is 33.7 Å². The first-order chi connectivity index (χ1) is 13.6. The number of aliphatic hydroxyl groups excluding tert-OH is 2. The second-order valence-electron chi connectivity index (χ2n) is 7.20. The number of aromatic amines is 1. The molecule has 2 rings (SSSR count). The molecule has 0 aliphatic carbocycles. The van der Waals surface area contributed by atoms with Crippen LogP contribution in [0.3, 0.4) is 0 Å². The molecule has 6 radical (unpaired) electrons. The molecule has 5 N–H and O–H groups in total. The van der Waals surface area contributed by atoms with Crippen molar-refractivity contribution >= 4 is 48.0 Å². The fourth-order valence-electron chi connectivity index (χ4n) is 2.70. The van der Waals surface area contributed by atoms with Gasteiger partial charge in [0.2, 0.25) is 0 Å². The lowest BCUT2D eigenvalue weighted by atomic mass is 9.59. The van der Waals surface area contributed by atoms with Crippen LogP contribution >= 0.6 is 12.2 Å². The summed E-state index contributed by atoms with van der Waals surface area (Å²) >= 11 is 4.90. The van der Waals surface area contributed by atoms with Gasteiger partial charge < -0.3 is 30.0 Å². The van der Waals surface area contributed by atoms with Crippen molar-refractivity contribution in [3.05, 3.63) is 26.9 Å². The van der Waals surface area contributed by atoms with Gasteiger partial charge in [-0.1, -0.05) is 13.8 Å². The van der Waals surface area contributed by atoms with Gasteiger partial charge >= 0.3 is 5.97 Å². The van der Waals surface area contributed by atoms with E-state index in [0.29, 0.717) is 4.57 Å². The molecule has 30 heavy (non-hydrogen) atoms. The SMILES string of the molecule is [B]C([B])(OC(=O)[C@@H](N)C(C)C)[C@@]1(F)O[C@@]([B])(n2cc(C=O)c(=O)[nH]c2=S)[C@H](O)[C@@H]1O. The van der Waals surface area contributed by atoms with Crippen molar-refractivity contribution in [3.63, 3.8) is 0 Å². The number of nitrogens with zero attached hydrogens (tertiary/aromatic N) is 1. The highest BCUT2D eigenvalue weighted by molar-refractivity contribution is 7.71. The van der Waals surface area contributed by atoms with Gasteiger partial charge in [-0.15, -0.1) is 0 Å². The fourth-order valence-corrected chi connectivity index (χ4v) is 2.98. The zero-order chi connectivity index (χ0) is 23.2. The molecule has 0 aromatic carbocycles. The van der Waals surface area contributed by atoms with Gasteiger partial charge in [0.1, 0.15) is 47.4 Å². The Hall–Kier alpha value is -1.80. The Morgan fingerprint density at radius 3 is 2.57 bits per heavy atom. The van der Waals surface area contributed by atoms with E-state index in [4.69, 9.17) is 51.0 Å². The predicted octanol–water partition coefficient (Wildman–Crippen LogP) is -2.57. The first-order valence-corrected chi connectivity index (χ1v) is 8.95. The predicted molar refractivity (Wildman–Crippen MR) is 105 cm³/mol. The monoisotopic (exact) mass is 435 g/mol. The number of nitrogens with two attached hydrogens (primary N) is 1. The van der Waals surface area contributed by atoms with E-state index in [9.17, 15) is 24.6 Å². The maximum absolute atomic E-state index is 15.7. The molecule has 0 bridgehead atoms. The molecule has 0 amide bonds. The second-order valence-corrected chi connectivity index (χ2v) is 7.59. The normalized spacial score (nSPS) is 30.2. The van der Waals surface area contributed by atoms with Gasteiger partial charge in [0.25, 0.3) is 11.4 Å². The number of H-pyrrole nitrogens is 1. The summed E-state index contributed by atoms with van der Waals surface area (Å²) in [6, 6.07) is -1.24. The molecule has 15 heteroatoms. The summed E-state index contributed by atoms with van der Waals surface area (Å²) in [5.41, 5.74) is 1.50. The number of esters is 1. The standard InChI is InChI=1S/C15H17B3FN3O7S/c1-5(2)7(20)11(27)28-15(17,18)13(19)8(24)9(25)14(16,29-13)22-3-6(4-23)10(26)21-12(22)30/h3-5,7-9,24-25H,20H2,1-2H3,(H,21,26,30)/t7-,8-,9+,13-,14-/m0/s1. The third kappa shape index (κ3) is 3.80. The summed E-state index contributed by atoms with van der Waals surface area (Å²) in [5, 5.41) is 17.5. The zero-order valence-electron chi connectivity index (χ0n) is 15.9. The summed E-state index contributed by atoms with van der Waals surface area (Å²) in [7, 11) is 17.0. The van der Waals surface area contributed by atoms with E-state index in [1.807, 2.05) is 0 Å². The molecule has 0 saturated carbocycles. The van der Waals surface area contributed by atoms with Crippen LogP contribution < -0.4 is 11.3 Å². The van der Waals surface area contributed by atoms with Gasteiger partial charge in [0.15, 0.2) is 11.1 Å². The third-order valence-electron chi connectivity index (χ3n) is 4.68. The number of aromatic nitrogens is 2. The average Bonchev–Trinajstić information content (AvgIpc) is 2.82. The van der Waals surface area contributed by atoms with E-state index in [0.717, 1.165) is 6.20 Å². The van der Waals surface area contributed by atoms with E-state index in [1.54, 1.807) is 13.8 Å². The van der Waals surface area contributed by atoms with Crippen LogP contribution in [0, 0.1) is 10.7 Å². The number of hydrogen-bond donors (Lipinski definition) is 4. The van der Waals surface area contributed by atoms with Crippen molar-refractivity contribution in [2.24, 2.45) is 11.7 Å². The highest BCUT2D eigenvalue weighted by atomic mass is 32.1. The molecular formula is C15H17B3FN3O7S. The number of halogens is 1. The first-order valence-electron chi connectivity index (χ1n) is 8.54. The number of aldehydes is 1. The molecular weight excluding hydrogens is 418 g/mol. The Labute approximate surface area is 179 Å². The van der Waals surface area contributed by atoms with Crippen molar-refractivity contribution in [1.29, 1.82) is 0 Å². The van der Waals surface area contributed by atoms with Crippen molar-refractivity contribution in [3.8, 4) is 0 Å². The van der Waals surface area contributed by atoms with E-state index in [-0.39, 0.29) is 6.29 Å². The zero-order valence-corrected chi connectivity index (χ0v) is 16.8. The smallest absolute Gasteiger partial charge is 0.322 e. The van der Waals surface area contributed by atoms with E-state index >= 15 is 4.39 Å². The van der Waals surface area contributed by atoms with Crippen LogP contribution in [0.4, 0.5) is 4.39 Å². The molecule has 1 aromatic heterocycles. The maximum atomic E-state index is 15.7. The molecule has 1 aromatic rings. The molecule has 1 aliphatic rings. The molecule has 1 aliphatic heterocycles. The Bertz CT molecular complexity index is 974. The molecule has 0 spiro atoms. The first kappa shape index (κ1) is 24.5. The quantitative estimate of drug-likeness (QED) is 0.163. The van der Waals surface area contributed by atoms with Crippen molar-refractivity contribution in [2.75, 3.05) is 0 Å². The minimum absolute atomic E-state index is 0.138. The fraction of sp³-hybridized carbons (Fsp3) is 0.600. The summed E-state index contributed by atoms with van der Waals surface area (Å²) in [5.74, 6) is -5.31. The number of rotatable bonds is 6. The molecule has 156 valence electrons. The van der Waals surface area contributed by atoms with E-state index in [2.05, 4.69) is 4.98 Å². The van der Waals surface area contributed by atoms with Gasteiger partial charge in [-0.25, -0.2) is 4.39 Å². The number of carbonyl (C=O) groups excluding carboxylic acids is 2. The van der Waals surface area contributed by atoms with Crippen LogP contribution in [0.15, 0.2) is 11.0 Å². The molecule has 1 saturated heterocycles. The Morgan fingerprint density at radius 2 is 2.07 bits per heavy atom. The van der Waals surface area contributed by atoms with Gasteiger partial charge in [0, 0.05) is 6.20 Å². The summed E-state index contributed by atoms with van der Waals surface area (Å²) in [6.45, 7) is 3.15. The van der Waals surface area contributed by atoms with E-state index < -0.39 is 62.9 Å². The van der Waals surface area contributed by atoms with Crippen LogP contribution in [0.2, 0.25) is 0 Å². The largest absolute Gasteiger partial charge is 0.473 e. The number of carbonyl (C=O) groups is 2. The number of alkyl halides is 1. The molecule has 2 heterocycles. The van der Waals surface area contributed by atoms with E-state index in [1.165, 1.54) is 0 Å². The minimum Gasteiger partial charge on any atom is -0.473 e. The van der Waals surface area contributed by atoms with Gasteiger partial charge in [-0.3, -0.25) is 19.4 Å². The summed E-state index contributed by atoms with van der Waals surface area (Å²) < 4.78 is 25.5. The second kappa shape index (κ2) is 8.04. The summed E-state index contributed by atoms with van der Waals surface area (Å²) in [6.07, 6.45) is -3.96. The topological polar surface area (TPSA) is 157 Å². The lowest BCUT2D eigenvalue weighted by molar-refractivity contribution is -0.250. The Morgan fingerprint density at radius 1 is 1.50 bits per heavy atom. The van der Waals surface area contributed by atoms with Crippen LogP contribution in [-0.2, 0) is 19.9 Å². The van der Waals surface area contributed by atoms with Crippen molar-refractivity contribution in [1.82, 2.24) is 9.55 Å². The lowest BCUT2D eigenvalue weighted by Crippen LogP contribution is -2.62. The number of nitrogens with one attached hydrogen (secondary N) is 1. The van der Waals surface area contributed by atoms with Crippen LogP contribution in [0.1, 0.15) is 24.2 Å². The van der Waals surface area contributed by atoms with Crippen LogP contribution in [0.25, 0.3) is 0 Å². The van der Waals surface area contributed by atoms with Crippen LogP contribution in [-0.4, -0.2) is 85.1 Å². The molecule has 10 nitrogen and oxygen atoms in total. The molecule has 5 atom stereocenters. The maximum Gasteiger partial charge on any atom is 0.322 e. The third-order valence-corrected chi connectivity index (χ3v) is 4.98. The van der Waals surface area contributed by atoms with Crippen LogP contribution in [0.5, 0.6) is 0 Å². The van der Waals surface area contributed by atoms with Gasteiger partial charge in [0.05, 0.1) is 11.0 Å². The van der Waals surface area contributed by atoms with Gasteiger partial charge in [-0.2, -0.15) is 0 Å². The highest BCUT2D eigenvalue weighted by Crippen LogP contribution is 2.46. The molecule has 1 fully saturated rings. The Kier molecular flexibility index (Phi) is 6.56. The Balaban J connectivity index is 2.51. The molecule has 0 unspecified atom stereocenters. The average molecular weight is 435 g/mol. The van der Waals surface area contributed by atoms with Crippen molar-refractivity contribution in [2.45, 2.75) is 49.0 Å². The highest BCUT2D eigenvalue weighted by Gasteiger charge is 2.68. The van der Waals surface area contributed by atoms with Gasteiger partial charge in [-0.05, 0) is 18.1 Å². The lowest BCUT2D eigenvalue weighted by Gasteiger charge is -2.41. The number of aliphatic hydroxyl groups is 2. The number of ether oxygens (including phenoxy) is 2. The summed E-state index contributed by atoms with van der Waals surface area (Å²) in [4.78, 5) is 36.9.